The third-order valence-electron chi connectivity index (χ3n) is 1.09. The van der Waals surface area contributed by atoms with Gasteiger partial charge in [0.1, 0.15) is 0 Å². The molecule has 0 N–H and O–H groups in total. The van der Waals surface area contributed by atoms with Crippen molar-refractivity contribution < 1.29 is 4.57 Å². The van der Waals surface area contributed by atoms with Crippen molar-refractivity contribution in [1.29, 1.82) is 0 Å². The molecule has 0 aromatic heterocycles. The van der Waals surface area contributed by atoms with E-state index in [-0.39, 0.29) is 0 Å². The lowest BCUT2D eigenvalue weighted by atomic mass is 10.3. The molecule has 1 aliphatic rings. The molecule has 2 heteroatoms. The standard InChI is InChI=1S/C5H8OP/c1-5-2-3-7(6)4-5/h4H,2-3H2,1H3/q+1. The predicted octanol–water partition coefficient (Wildman–Crippen LogP) is 2.12. The van der Waals surface area contributed by atoms with E-state index < -0.39 is 7.80 Å². The Hall–Kier alpha value is -0.160. The summed E-state index contributed by atoms with van der Waals surface area (Å²) in [7, 11) is -0.916. The fourth-order valence-electron chi connectivity index (χ4n) is 0.661. The largest absolute Gasteiger partial charge is 0.369 e. The summed E-state index contributed by atoms with van der Waals surface area (Å²) in [5.41, 5.74) is 1.29. The second-order valence-electron chi connectivity index (χ2n) is 1.87. The van der Waals surface area contributed by atoms with E-state index in [0.717, 1.165) is 12.6 Å². The molecule has 0 saturated carbocycles. The molecule has 0 aliphatic carbocycles. The van der Waals surface area contributed by atoms with Crippen LogP contribution in [0.25, 0.3) is 0 Å². The van der Waals surface area contributed by atoms with Crippen LogP contribution in [0.4, 0.5) is 0 Å². The first kappa shape index (κ1) is 4.99. The molecule has 0 amide bonds. The fourth-order valence-corrected chi connectivity index (χ4v) is 1.98. The van der Waals surface area contributed by atoms with E-state index in [0.29, 0.717) is 0 Å². The van der Waals surface area contributed by atoms with Crippen molar-refractivity contribution in [1.82, 2.24) is 0 Å². The zero-order valence-corrected chi connectivity index (χ0v) is 5.24. The van der Waals surface area contributed by atoms with Crippen LogP contribution in [0.3, 0.4) is 0 Å². The first-order chi connectivity index (χ1) is 3.29. The summed E-state index contributed by atoms with van der Waals surface area (Å²) in [6.45, 7) is 2.03. The van der Waals surface area contributed by atoms with Gasteiger partial charge in [0.05, 0.1) is 0 Å². The molecule has 1 atom stereocenters. The second kappa shape index (κ2) is 1.75. The second-order valence-corrected chi connectivity index (χ2v) is 3.41. The van der Waals surface area contributed by atoms with Crippen LogP contribution < -0.4 is 0 Å². The maximum atomic E-state index is 10.5. The van der Waals surface area contributed by atoms with E-state index >= 15 is 0 Å². The van der Waals surface area contributed by atoms with E-state index in [1.807, 2.05) is 12.7 Å². The van der Waals surface area contributed by atoms with Crippen LogP contribution in [-0.2, 0) is 4.57 Å². The minimum Gasteiger partial charge on any atom is -0.0688 e. The predicted molar refractivity (Wildman–Crippen MR) is 30.8 cm³/mol. The van der Waals surface area contributed by atoms with E-state index in [1.54, 1.807) is 0 Å². The number of allylic oxidation sites excluding steroid dienone is 1. The van der Waals surface area contributed by atoms with E-state index in [2.05, 4.69) is 0 Å². The number of rotatable bonds is 0. The molecule has 7 heavy (non-hydrogen) atoms. The molecule has 0 spiro atoms. The Morgan fingerprint density at radius 1 is 1.86 bits per heavy atom. The van der Waals surface area contributed by atoms with Gasteiger partial charge >= 0.3 is 7.80 Å². The topological polar surface area (TPSA) is 17.1 Å². The van der Waals surface area contributed by atoms with Gasteiger partial charge in [0.15, 0.2) is 12.0 Å². The Morgan fingerprint density at radius 3 is 2.71 bits per heavy atom. The summed E-state index contributed by atoms with van der Waals surface area (Å²) in [5, 5.41) is 0. The number of hydrogen-bond donors (Lipinski definition) is 0. The molecule has 0 aromatic rings. The van der Waals surface area contributed by atoms with Gasteiger partial charge in [0, 0.05) is 6.42 Å². The molecule has 0 radical (unpaired) electrons. The Labute approximate surface area is 44.2 Å². The Morgan fingerprint density at radius 2 is 2.57 bits per heavy atom. The minimum absolute atomic E-state index is 0.890. The molecule has 0 bridgehead atoms. The van der Waals surface area contributed by atoms with Gasteiger partial charge in [-0.15, -0.1) is 0 Å². The van der Waals surface area contributed by atoms with E-state index in [9.17, 15) is 4.57 Å². The molecule has 0 aromatic carbocycles. The lowest BCUT2D eigenvalue weighted by Crippen LogP contribution is -1.66. The van der Waals surface area contributed by atoms with Gasteiger partial charge in [-0.3, -0.25) is 0 Å². The monoisotopic (exact) mass is 115 g/mol. The lowest BCUT2D eigenvalue weighted by molar-refractivity contribution is 0.594. The molecule has 0 saturated heterocycles. The zero-order chi connectivity index (χ0) is 5.28. The van der Waals surface area contributed by atoms with Crippen molar-refractivity contribution in [2.75, 3.05) is 6.16 Å². The van der Waals surface area contributed by atoms with Gasteiger partial charge in [-0.1, -0.05) is 4.57 Å². The zero-order valence-electron chi connectivity index (χ0n) is 4.35. The van der Waals surface area contributed by atoms with Gasteiger partial charge < -0.3 is 0 Å². The van der Waals surface area contributed by atoms with Crippen molar-refractivity contribution in [3.63, 3.8) is 0 Å². The van der Waals surface area contributed by atoms with Crippen LogP contribution in [0, 0.1) is 0 Å². The van der Waals surface area contributed by atoms with Crippen LogP contribution in [-0.4, -0.2) is 6.16 Å². The summed E-state index contributed by atoms with van der Waals surface area (Å²) in [6.07, 6.45) is 1.94. The molecule has 38 valence electrons. The Kier molecular flexibility index (Phi) is 1.25. The van der Waals surface area contributed by atoms with Crippen LogP contribution in [0.5, 0.6) is 0 Å². The summed E-state index contributed by atoms with van der Waals surface area (Å²) in [5.74, 6) is 1.87. The Bertz CT molecular complexity index is 126. The normalized spacial score (nSPS) is 25.3. The van der Waals surface area contributed by atoms with Gasteiger partial charge in [-0.2, -0.15) is 0 Å². The highest BCUT2D eigenvalue weighted by Gasteiger charge is 2.18. The average molecular weight is 115 g/mol. The molecule has 1 nitrogen and oxygen atoms in total. The third kappa shape index (κ3) is 1.10. The van der Waals surface area contributed by atoms with Gasteiger partial charge in [-0.05, 0) is 12.5 Å². The minimum atomic E-state index is -0.916. The molecule has 0 fully saturated rings. The first-order valence-electron chi connectivity index (χ1n) is 2.40. The lowest BCUT2D eigenvalue weighted by Gasteiger charge is -1.72. The van der Waals surface area contributed by atoms with Crippen molar-refractivity contribution in [3.05, 3.63) is 11.4 Å². The highest BCUT2D eigenvalue weighted by molar-refractivity contribution is 7.48. The Balaban J connectivity index is 2.67. The van der Waals surface area contributed by atoms with Crippen LogP contribution in [0.2, 0.25) is 0 Å². The van der Waals surface area contributed by atoms with Crippen LogP contribution in [0.1, 0.15) is 13.3 Å². The van der Waals surface area contributed by atoms with Crippen LogP contribution >= 0.6 is 7.80 Å². The maximum absolute atomic E-state index is 10.5. The van der Waals surface area contributed by atoms with Gasteiger partial charge in [0.25, 0.3) is 0 Å². The summed E-state index contributed by atoms with van der Waals surface area (Å²) < 4.78 is 10.5. The van der Waals surface area contributed by atoms with E-state index in [4.69, 9.17) is 0 Å². The highest BCUT2D eigenvalue weighted by atomic mass is 31.1. The fraction of sp³-hybridized carbons (Fsp3) is 0.600. The summed E-state index contributed by atoms with van der Waals surface area (Å²) >= 11 is 0. The van der Waals surface area contributed by atoms with Crippen LogP contribution in [0.15, 0.2) is 11.4 Å². The molecular formula is C5H8OP+. The molecule has 1 heterocycles. The van der Waals surface area contributed by atoms with Crippen molar-refractivity contribution >= 4 is 7.80 Å². The van der Waals surface area contributed by atoms with Crippen molar-refractivity contribution in [2.24, 2.45) is 0 Å². The highest BCUT2D eigenvalue weighted by Crippen LogP contribution is 2.33. The number of hydrogen-bond acceptors (Lipinski definition) is 1. The molecule has 1 rings (SSSR count). The van der Waals surface area contributed by atoms with Crippen molar-refractivity contribution in [2.45, 2.75) is 13.3 Å². The third-order valence-corrected chi connectivity index (χ3v) is 2.48. The smallest absolute Gasteiger partial charge is 0.0688 e. The summed E-state index contributed by atoms with van der Waals surface area (Å²) in [6, 6.07) is 0. The quantitative estimate of drug-likeness (QED) is 0.442. The maximum Gasteiger partial charge on any atom is 0.369 e. The first-order valence-corrected chi connectivity index (χ1v) is 3.91. The van der Waals surface area contributed by atoms with Crippen molar-refractivity contribution in [3.8, 4) is 0 Å². The summed E-state index contributed by atoms with van der Waals surface area (Å²) in [4.78, 5) is 0. The average Bonchev–Trinajstić information content (AvgIpc) is 1.87. The van der Waals surface area contributed by atoms with E-state index in [1.165, 1.54) is 5.57 Å². The molecule has 1 aliphatic heterocycles. The SMILES string of the molecule is CC1=C[P+](=O)CC1. The van der Waals surface area contributed by atoms with Gasteiger partial charge in [0.2, 0.25) is 0 Å². The molecule has 1 unspecified atom stereocenters. The van der Waals surface area contributed by atoms with Gasteiger partial charge in [-0.25, -0.2) is 0 Å². The molecular weight excluding hydrogens is 107 g/mol.